The number of carbonyl (C=O) groups is 1. The highest BCUT2D eigenvalue weighted by Gasteiger charge is 2.22. The van der Waals surface area contributed by atoms with Crippen molar-refractivity contribution in [2.24, 2.45) is 5.73 Å². The van der Waals surface area contributed by atoms with Gasteiger partial charge in [0.05, 0.1) is 5.69 Å². The third kappa shape index (κ3) is 4.73. The normalized spacial score (nSPS) is 14.1. The number of amidine groups is 1. The largest absolute Gasteiger partial charge is 0.460 e. The number of hydrogen-bond donors (Lipinski definition) is 2. The molecule has 9 heteroatoms. The van der Waals surface area contributed by atoms with E-state index in [1.807, 2.05) is 17.9 Å². The average Bonchev–Trinajstić information content (AvgIpc) is 2.67. The monoisotopic (exact) mass is 386 g/mol. The first-order valence-corrected chi connectivity index (χ1v) is 8.99. The lowest BCUT2D eigenvalue weighted by Crippen LogP contribution is -2.47. The Morgan fingerprint density at radius 2 is 1.96 bits per heavy atom. The molecule has 0 radical (unpaired) electrons. The molecule has 8 nitrogen and oxygen atoms in total. The molecule has 1 aliphatic rings. The molecule has 1 saturated heterocycles. The number of esters is 1. The third-order valence-electron chi connectivity index (χ3n) is 4.49. The Bertz CT molecular complexity index is 867. The zero-order valence-electron chi connectivity index (χ0n) is 15.7. The van der Waals surface area contributed by atoms with E-state index in [1.165, 1.54) is 0 Å². The maximum absolute atomic E-state index is 14.9. The van der Waals surface area contributed by atoms with Gasteiger partial charge in [-0.15, -0.1) is 0 Å². The minimum absolute atomic E-state index is 0.189. The van der Waals surface area contributed by atoms with E-state index in [2.05, 4.69) is 14.9 Å². The molecular formula is C19H23FN6O2. The van der Waals surface area contributed by atoms with Crippen LogP contribution in [0.2, 0.25) is 0 Å². The highest BCUT2D eigenvalue weighted by atomic mass is 19.1. The minimum atomic E-state index is -0.647. The quantitative estimate of drug-likeness (QED) is 0.441. The number of nitrogens with two attached hydrogens (primary N) is 1. The fourth-order valence-electron chi connectivity index (χ4n) is 3.08. The number of hydrogen-bond acceptors (Lipinski definition) is 7. The summed E-state index contributed by atoms with van der Waals surface area (Å²) in [6.07, 6.45) is 1.44. The predicted octanol–water partition coefficient (Wildman–Crippen LogP) is 1.62. The molecule has 0 atom stereocenters. The van der Waals surface area contributed by atoms with Crippen molar-refractivity contribution < 1.29 is 13.9 Å². The molecule has 3 N–H and O–H groups in total. The summed E-state index contributed by atoms with van der Waals surface area (Å²) in [5.41, 5.74) is 5.94. The molecule has 0 unspecified atom stereocenters. The van der Waals surface area contributed by atoms with Crippen LogP contribution < -0.4 is 15.5 Å². The van der Waals surface area contributed by atoms with Crippen molar-refractivity contribution >= 4 is 23.3 Å². The van der Waals surface area contributed by atoms with Crippen LogP contribution in [0.5, 0.6) is 0 Å². The van der Waals surface area contributed by atoms with Gasteiger partial charge in [-0.3, -0.25) is 10.2 Å². The van der Waals surface area contributed by atoms with Gasteiger partial charge in [0.15, 0.2) is 5.82 Å². The molecule has 3 rings (SSSR count). The topological polar surface area (TPSA) is 108 Å². The zero-order chi connectivity index (χ0) is 20.1. The van der Waals surface area contributed by atoms with Gasteiger partial charge in [-0.05, 0) is 19.1 Å². The number of aromatic nitrogens is 2. The summed E-state index contributed by atoms with van der Waals surface area (Å²) in [6, 6.07) is 6.92. The number of ether oxygens (including phenoxy) is 1. The number of aryl methyl sites for hydroxylation is 1. The van der Waals surface area contributed by atoms with E-state index in [-0.39, 0.29) is 18.9 Å². The second-order valence-electron chi connectivity index (χ2n) is 6.55. The predicted molar refractivity (Wildman–Crippen MR) is 104 cm³/mol. The summed E-state index contributed by atoms with van der Waals surface area (Å²) in [5.74, 6) is 0.267. The molecule has 1 fully saturated rings. The molecule has 0 aliphatic carbocycles. The van der Waals surface area contributed by atoms with E-state index in [0.717, 1.165) is 11.6 Å². The molecule has 0 amide bonds. The summed E-state index contributed by atoms with van der Waals surface area (Å²) in [6.45, 7) is 4.39. The van der Waals surface area contributed by atoms with Crippen molar-refractivity contribution in [1.82, 2.24) is 9.97 Å². The number of anilines is 2. The summed E-state index contributed by atoms with van der Waals surface area (Å²) in [4.78, 5) is 24.2. The van der Waals surface area contributed by atoms with Crippen LogP contribution in [0, 0.1) is 18.2 Å². The van der Waals surface area contributed by atoms with Crippen molar-refractivity contribution in [2.75, 3.05) is 36.0 Å². The van der Waals surface area contributed by atoms with Gasteiger partial charge >= 0.3 is 5.97 Å². The number of halogens is 1. The van der Waals surface area contributed by atoms with E-state index in [1.54, 1.807) is 24.4 Å². The molecule has 148 valence electrons. The van der Waals surface area contributed by atoms with Crippen LogP contribution in [0.25, 0.3) is 0 Å². The van der Waals surface area contributed by atoms with Crippen LogP contribution >= 0.6 is 0 Å². The van der Waals surface area contributed by atoms with Crippen molar-refractivity contribution in [3.8, 4) is 0 Å². The lowest BCUT2D eigenvalue weighted by atomic mass is 10.1. The summed E-state index contributed by atoms with van der Waals surface area (Å²) in [5, 5.41) is 7.09. The van der Waals surface area contributed by atoms with Crippen molar-refractivity contribution in [3.05, 3.63) is 47.7 Å². The van der Waals surface area contributed by atoms with E-state index in [0.29, 0.717) is 37.4 Å². The molecule has 2 aromatic rings. The van der Waals surface area contributed by atoms with Crippen LogP contribution in [0.4, 0.5) is 15.9 Å². The zero-order valence-corrected chi connectivity index (χ0v) is 15.7. The minimum Gasteiger partial charge on any atom is -0.460 e. The lowest BCUT2D eigenvalue weighted by molar-refractivity contribution is -0.143. The SMILES string of the molecule is Cc1nccc(N2CCN(c3cccc(COC(=O)CC(=N)N)c3F)CC2)n1. The smallest absolute Gasteiger partial charge is 0.313 e. The molecular weight excluding hydrogens is 363 g/mol. The van der Waals surface area contributed by atoms with E-state index in [4.69, 9.17) is 15.9 Å². The van der Waals surface area contributed by atoms with Gasteiger partial charge in [-0.1, -0.05) is 12.1 Å². The Balaban J connectivity index is 1.63. The Morgan fingerprint density at radius 1 is 1.25 bits per heavy atom. The number of piperazine rings is 1. The van der Waals surface area contributed by atoms with Gasteiger partial charge in [0.25, 0.3) is 0 Å². The molecule has 0 spiro atoms. The van der Waals surface area contributed by atoms with Gasteiger partial charge in [-0.2, -0.15) is 0 Å². The van der Waals surface area contributed by atoms with Crippen LogP contribution in [0.3, 0.4) is 0 Å². The maximum Gasteiger partial charge on any atom is 0.313 e. The highest BCUT2D eigenvalue weighted by molar-refractivity contribution is 5.94. The van der Waals surface area contributed by atoms with Crippen LogP contribution in [0.15, 0.2) is 30.5 Å². The molecule has 2 heterocycles. The summed E-state index contributed by atoms with van der Waals surface area (Å²) >= 11 is 0. The van der Waals surface area contributed by atoms with Crippen LogP contribution in [-0.2, 0) is 16.1 Å². The molecule has 1 aromatic carbocycles. The van der Waals surface area contributed by atoms with E-state index in [9.17, 15) is 9.18 Å². The Kier molecular flexibility index (Phi) is 6.03. The Hall–Kier alpha value is -3.23. The maximum atomic E-state index is 14.9. The molecule has 0 bridgehead atoms. The molecule has 1 aliphatic heterocycles. The average molecular weight is 386 g/mol. The first-order chi connectivity index (χ1) is 13.4. The Labute approximate surface area is 162 Å². The molecule has 28 heavy (non-hydrogen) atoms. The fraction of sp³-hybridized carbons (Fsp3) is 0.368. The highest BCUT2D eigenvalue weighted by Crippen LogP contribution is 2.25. The fourth-order valence-corrected chi connectivity index (χ4v) is 3.08. The van der Waals surface area contributed by atoms with Crippen molar-refractivity contribution in [3.63, 3.8) is 0 Å². The first-order valence-electron chi connectivity index (χ1n) is 8.99. The third-order valence-corrected chi connectivity index (χ3v) is 4.49. The summed E-state index contributed by atoms with van der Waals surface area (Å²) < 4.78 is 19.9. The number of benzene rings is 1. The molecule has 1 aromatic heterocycles. The van der Waals surface area contributed by atoms with Gasteiger partial charge < -0.3 is 20.3 Å². The second-order valence-corrected chi connectivity index (χ2v) is 6.55. The number of nitrogens with one attached hydrogen (secondary N) is 1. The van der Waals surface area contributed by atoms with Crippen molar-refractivity contribution in [1.29, 1.82) is 5.41 Å². The van der Waals surface area contributed by atoms with E-state index < -0.39 is 11.8 Å². The number of rotatable bonds is 6. The van der Waals surface area contributed by atoms with Crippen molar-refractivity contribution in [2.45, 2.75) is 20.0 Å². The molecule has 0 saturated carbocycles. The van der Waals surface area contributed by atoms with E-state index >= 15 is 0 Å². The Morgan fingerprint density at radius 3 is 2.64 bits per heavy atom. The first kappa shape index (κ1) is 19.5. The standard InChI is InChI=1S/C19H23FN6O2/c1-13-23-6-5-17(24-13)26-9-7-25(8-10-26)15-4-2-3-14(19(15)20)12-28-18(27)11-16(21)22/h2-6H,7-12H2,1H3,(H3,21,22). The van der Waals surface area contributed by atoms with Crippen LogP contribution in [-0.4, -0.2) is 48.0 Å². The van der Waals surface area contributed by atoms with Crippen LogP contribution in [0.1, 0.15) is 17.8 Å². The van der Waals surface area contributed by atoms with Gasteiger partial charge in [-0.25, -0.2) is 14.4 Å². The van der Waals surface area contributed by atoms with Gasteiger partial charge in [0.1, 0.15) is 30.5 Å². The summed E-state index contributed by atoms with van der Waals surface area (Å²) in [7, 11) is 0. The lowest BCUT2D eigenvalue weighted by Gasteiger charge is -2.37. The second kappa shape index (κ2) is 8.64. The number of carbonyl (C=O) groups excluding carboxylic acids is 1. The van der Waals surface area contributed by atoms with Gasteiger partial charge in [0.2, 0.25) is 0 Å². The van der Waals surface area contributed by atoms with Gasteiger partial charge in [0, 0.05) is 37.9 Å². The number of nitrogens with zero attached hydrogens (tertiary/aromatic N) is 4.